The van der Waals surface area contributed by atoms with Crippen LogP contribution in [0.1, 0.15) is 33.6 Å². The van der Waals surface area contributed by atoms with Gasteiger partial charge in [-0.05, 0) is 33.6 Å². The van der Waals surface area contributed by atoms with Crippen LogP contribution in [0.3, 0.4) is 0 Å². The summed E-state index contributed by atoms with van der Waals surface area (Å²) in [6.45, 7) is 5.91. The predicted octanol–water partition coefficient (Wildman–Crippen LogP) is 1.82. The van der Waals surface area contributed by atoms with E-state index in [9.17, 15) is 9.90 Å². The van der Waals surface area contributed by atoms with Gasteiger partial charge in [-0.25, -0.2) is 9.90 Å². The summed E-state index contributed by atoms with van der Waals surface area (Å²) in [5.41, 5.74) is -0.479. The van der Waals surface area contributed by atoms with Gasteiger partial charge in [-0.1, -0.05) is 0 Å². The Hall–Kier alpha value is -0.770. The second-order valence-corrected chi connectivity index (χ2v) is 4.64. The highest BCUT2D eigenvalue weighted by atomic mass is 16.6. The Morgan fingerprint density at radius 3 is 2.64 bits per heavy atom. The van der Waals surface area contributed by atoms with Crippen molar-refractivity contribution in [3.8, 4) is 0 Å². The van der Waals surface area contributed by atoms with Crippen molar-refractivity contribution < 1.29 is 14.6 Å². The van der Waals surface area contributed by atoms with Gasteiger partial charge in [0.15, 0.2) is 0 Å². The molecule has 1 aliphatic rings. The van der Waals surface area contributed by atoms with Gasteiger partial charge in [0, 0.05) is 6.54 Å². The lowest BCUT2D eigenvalue weighted by Crippen LogP contribution is -2.41. The molecule has 0 aliphatic carbocycles. The van der Waals surface area contributed by atoms with Gasteiger partial charge in [-0.3, -0.25) is 0 Å². The number of amides is 1. The molecule has 1 aliphatic heterocycles. The van der Waals surface area contributed by atoms with Crippen LogP contribution in [0, 0.1) is 0 Å². The van der Waals surface area contributed by atoms with Gasteiger partial charge in [0.2, 0.25) is 0 Å². The van der Waals surface area contributed by atoms with Crippen LogP contribution in [0.2, 0.25) is 0 Å². The molecule has 0 spiro atoms. The van der Waals surface area contributed by atoms with Gasteiger partial charge in [0.05, 0.1) is 6.04 Å². The molecular weight excluding hydrogens is 182 g/mol. The summed E-state index contributed by atoms with van der Waals surface area (Å²) < 4.78 is 5.20. The molecule has 0 N–H and O–H groups in total. The molecule has 81 valence electrons. The normalized spacial score (nSPS) is 22.6. The lowest BCUT2D eigenvalue weighted by Gasteiger charge is -2.27. The van der Waals surface area contributed by atoms with E-state index in [0.29, 0.717) is 6.54 Å². The Morgan fingerprint density at radius 2 is 2.14 bits per heavy atom. The standard InChI is InChI=1S/C10H18NO3/c1-10(2,3)14-9(13)11-6-4-5-8(11)7-12/h8H,4-7H2,1-3H3. The summed E-state index contributed by atoms with van der Waals surface area (Å²) in [5, 5.41) is 10.8. The molecule has 14 heavy (non-hydrogen) atoms. The van der Waals surface area contributed by atoms with Gasteiger partial charge in [0.1, 0.15) is 12.2 Å². The zero-order chi connectivity index (χ0) is 10.8. The quantitative estimate of drug-likeness (QED) is 0.648. The van der Waals surface area contributed by atoms with Gasteiger partial charge in [0.25, 0.3) is 0 Å². The molecular formula is C10H18NO3. The van der Waals surface area contributed by atoms with E-state index in [1.807, 2.05) is 20.8 Å². The Balaban J connectivity index is 2.52. The summed E-state index contributed by atoms with van der Waals surface area (Å²) in [4.78, 5) is 13.1. The van der Waals surface area contributed by atoms with Crippen molar-refractivity contribution in [2.45, 2.75) is 45.3 Å². The van der Waals surface area contributed by atoms with Crippen molar-refractivity contribution in [3.05, 3.63) is 0 Å². The summed E-state index contributed by atoms with van der Waals surface area (Å²) >= 11 is 0. The van der Waals surface area contributed by atoms with Crippen LogP contribution in [0.5, 0.6) is 0 Å². The summed E-state index contributed by atoms with van der Waals surface area (Å²) in [5.74, 6) is 0. The predicted molar refractivity (Wildman–Crippen MR) is 51.5 cm³/mol. The molecule has 4 nitrogen and oxygen atoms in total. The first-order valence-corrected chi connectivity index (χ1v) is 5.02. The Kier molecular flexibility index (Phi) is 3.37. The van der Waals surface area contributed by atoms with E-state index >= 15 is 0 Å². The minimum absolute atomic E-state index is 0.162. The van der Waals surface area contributed by atoms with Crippen LogP contribution in [0.4, 0.5) is 4.79 Å². The summed E-state index contributed by atoms with van der Waals surface area (Å²) in [6, 6.07) is -0.162. The molecule has 1 radical (unpaired) electrons. The summed E-state index contributed by atoms with van der Waals surface area (Å²) in [6.07, 6.45) is 1.37. The first-order chi connectivity index (χ1) is 6.44. The largest absolute Gasteiger partial charge is 0.444 e. The lowest BCUT2D eigenvalue weighted by molar-refractivity contribution is 0.0132. The van der Waals surface area contributed by atoms with Crippen LogP contribution < -0.4 is 0 Å². The fourth-order valence-electron chi connectivity index (χ4n) is 1.57. The summed E-state index contributed by atoms with van der Waals surface area (Å²) in [7, 11) is 0. The van der Waals surface area contributed by atoms with E-state index < -0.39 is 5.60 Å². The number of carbonyl (C=O) groups excluding carboxylic acids is 1. The molecule has 4 heteroatoms. The van der Waals surface area contributed by atoms with Crippen molar-refractivity contribution in [2.24, 2.45) is 0 Å². The number of carbonyl (C=O) groups is 1. The second-order valence-electron chi connectivity index (χ2n) is 4.64. The van der Waals surface area contributed by atoms with Crippen LogP contribution in [-0.4, -0.2) is 35.8 Å². The highest BCUT2D eigenvalue weighted by Crippen LogP contribution is 2.20. The number of hydrogen-bond acceptors (Lipinski definition) is 2. The van der Waals surface area contributed by atoms with Crippen LogP contribution in [0.25, 0.3) is 0 Å². The fourth-order valence-corrected chi connectivity index (χ4v) is 1.57. The molecule has 1 unspecified atom stereocenters. The first-order valence-electron chi connectivity index (χ1n) is 5.02. The second kappa shape index (κ2) is 4.17. The van der Waals surface area contributed by atoms with Crippen molar-refractivity contribution in [3.63, 3.8) is 0 Å². The fraction of sp³-hybridized carbons (Fsp3) is 0.900. The molecule has 1 amide bonds. The average molecular weight is 200 g/mol. The Labute approximate surface area is 84.8 Å². The highest BCUT2D eigenvalue weighted by molar-refractivity contribution is 5.68. The van der Waals surface area contributed by atoms with E-state index in [4.69, 9.17) is 4.74 Å². The Bertz CT molecular complexity index is 210. The zero-order valence-corrected chi connectivity index (χ0v) is 9.08. The van der Waals surface area contributed by atoms with Gasteiger partial charge < -0.3 is 9.64 Å². The minimum atomic E-state index is -0.479. The lowest BCUT2D eigenvalue weighted by atomic mass is 10.2. The number of hydrogen-bond donors (Lipinski definition) is 0. The molecule has 0 aromatic heterocycles. The van der Waals surface area contributed by atoms with Crippen molar-refractivity contribution in [1.82, 2.24) is 4.90 Å². The van der Waals surface area contributed by atoms with E-state index in [0.717, 1.165) is 12.8 Å². The zero-order valence-electron chi connectivity index (χ0n) is 9.08. The number of ether oxygens (including phenoxy) is 1. The third-order valence-electron chi connectivity index (χ3n) is 2.20. The van der Waals surface area contributed by atoms with E-state index in [2.05, 4.69) is 0 Å². The molecule has 1 atom stereocenters. The monoisotopic (exact) mass is 200 g/mol. The molecule has 1 heterocycles. The van der Waals surface area contributed by atoms with Crippen LogP contribution in [0.15, 0.2) is 0 Å². The number of likely N-dealkylation sites (tertiary alicyclic amines) is 1. The highest BCUT2D eigenvalue weighted by Gasteiger charge is 2.31. The third-order valence-corrected chi connectivity index (χ3v) is 2.20. The molecule has 0 aromatic carbocycles. The smallest absolute Gasteiger partial charge is 0.410 e. The maximum atomic E-state index is 11.6. The molecule has 0 aromatic rings. The van der Waals surface area contributed by atoms with E-state index in [1.165, 1.54) is 0 Å². The van der Waals surface area contributed by atoms with Gasteiger partial charge >= 0.3 is 6.09 Å². The number of rotatable bonds is 1. The maximum absolute atomic E-state index is 11.6. The molecule has 1 fully saturated rings. The van der Waals surface area contributed by atoms with E-state index in [1.54, 1.807) is 4.90 Å². The molecule has 0 saturated carbocycles. The Morgan fingerprint density at radius 1 is 1.50 bits per heavy atom. The molecule has 1 saturated heterocycles. The van der Waals surface area contributed by atoms with Crippen LogP contribution in [-0.2, 0) is 9.84 Å². The molecule has 1 rings (SSSR count). The SMILES string of the molecule is CC(C)(C)OC(=O)N1CCCC1C[O]. The first kappa shape index (κ1) is 11.3. The minimum Gasteiger partial charge on any atom is -0.444 e. The third kappa shape index (κ3) is 2.87. The van der Waals surface area contributed by atoms with E-state index in [-0.39, 0.29) is 18.7 Å². The van der Waals surface area contributed by atoms with Crippen LogP contribution >= 0.6 is 0 Å². The van der Waals surface area contributed by atoms with Crippen molar-refractivity contribution in [2.75, 3.05) is 13.2 Å². The van der Waals surface area contributed by atoms with Crippen molar-refractivity contribution >= 4 is 6.09 Å². The van der Waals surface area contributed by atoms with Gasteiger partial charge in [-0.15, -0.1) is 0 Å². The average Bonchev–Trinajstić information content (AvgIpc) is 2.47. The maximum Gasteiger partial charge on any atom is 0.410 e. The number of nitrogens with zero attached hydrogens (tertiary/aromatic N) is 1. The van der Waals surface area contributed by atoms with Gasteiger partial charge in [-0.2, -0.15) is 0 Å². The topological polar surface area (TPSA) is 49.4 Å². The van der Waals surface area contributed by atoms with Crippen molar-refractivity contribution in [1.29, 1.82) is 0 Å². The molecule has 0 bridgehead atoms.